The van der Waals surface area contributed by atoms with Crippen LogP contribution in [-0.4, -0.2) is 23.1 Å². The number of aromatic nitrogens is 2. The van der Waals surface area contributed by atoms with Crippen molar-refractivity contribution in [2.24, 2.45) is 5.92 Å². The number of benzene rings is 1. The van der Waals surface area contributed by atoms with E-state index in [-0.39, 0.29) is 0 Å². The van der Waals surface area contributed by atoms with Crippen LogP contribution in [0.1, 0.15) is 19.8 Å². The molecule has 1 aliphatic heterocycles. The maximum Gasteiger partial charge on any atom is 0.229 e. The molecule has 2 aromatic rings. The van der Waals surface area contributed by atoms with E-state index in [9.17, 15) is 0 Å². The van der Waals surface area contributed by atoms with Gasteiger partial charge in [-0.25, -0.2) is 4.98 Å². The van der Waals surface area contributed by atoms with Crippen LogP contribution in [0.4, 0.5) is 17.5 Å². The molecule has 1 aliphatic rings. The van der Waals surface area contributed by atoms with Crippen molar-refractivity contribution in [2.45, 2.75) is 19.8 Å². The third-order valence-corrected chi connectivity index (χ3v) is 3.97. The molecule has 5 heteroatoms. The monoisotopic (exact) mass is 302 g/mol. The number of rotatable bonds is 3. The van der Waals surface area contributed by atoms with Crippen molar-refractivity contribution in [3.63, 3.8) is 0 Å². The molecule has 0 aliphatic carbocycles. The molecule has 2 heterocycles. The molecule has 1 fully saturated rings. The zero-order chi connectivity index (χ0) is 14.7. The van der Waals surface area contributed by atoms with Crippen LogP contribution in [0.2, 0.25) is 5.02 Å². The Kier molecular flexibility index (Phi) is 4.25. The van der Waals surface area contributed by atoms with Gasteiger partial charge in [-0.2, -0.15) is 4.98 Å². The molecule has 1 atom stereocenters. The highest BCUT2D eigenvalue weighted by atomic mass is 35.5. The van der Waals surface area contributed by atoms with Gasteiger partial charge in [-0.15, -0.1) is 0 Å². The van der Waals surface area contributed by atoms with Gasteiger partial charge in [-0.05, 0) is 49.1 Å². The van der Waals surface area contributed by atoms with Gasteiger partial charge < -0.3 is 10.2 Å². The summed E-state index contributed by atoms with van der Waals surface area (Å²) in [6.07, 6.45) is 4.34. The normalized spacial score (nSPS) is 18.6. The molecule has 3 rings (SSSR count). The summed E-state index contributed by atoms with van der Waals surface area (Å²) < 4.78 is 0. The Hall–Kier alpha value is -1.81. The number of hydrogen-bond donors (Lipinski definition) is 1. The van der Waals surface area contributed by atoms with Crippen molar-refractivity contribution in [3.05, 3.63) is 41.6 Å². The number of nitrogens with zero attached hydrogens (tertiary/aromatic N) is 3. The lowest BCUT2D eigenvalue weighted by Crippen LogP contribution is -2.34. The molecule has 0 amide bonds. The summed E-state index contributed by atoms with van der Waals surface area (Å²) in [5.41, 5.74) is 0.934. The van der Waals surface area contributed by atoms with Gasteiger partial charge in [0.25, 0.3) is 0 Å². The minimum absolute atomic E-state index is 0.619. The molecule has 1 unspecified atom stereocenters. The van der Waals surface area contributed by atoms with Gasteiger partial charge in [0.2, 0.25) is 5.95 Å². The van der Waals surface area contributed by atoms with Crippen molar-refractivity contribution in [1.29, 1.82) is 0 Å². The van der Waals surface area contributed by atoms with Crippen LogP contribution in [-0.2, 0) is 0 Å². The molecule has 4 nitrogen and oxygen atoms in total. The topological polar surface area (TPSA) is 41.1 Å². The highest BCUT2D eigenvalue weighted by Gasteiger charge is 2.17. The Labute approximate surface area is 130 Å². The predicted molar refractivity (Wildman–Crippen MR) is 87.4 cm³/mol. The van der Waals surface area contributed by atoms with E-state index >= 15 is 0 Å². The van der Waals surface area contributed by atoms with E-state index in [0.29, 0.717) is 5.95 Å². The zero-order valence-corrected chi connectivity index (χ0v) is 12.8. The number of hydrogen-bond acceptors (Lipinski definition) is 4. The van der Waals surface area contributed by atoms with E-state index in [1.165, 1.54) is 12.8 Å². The van der Waals surface area contributed by atoms with Crippen LogP contribution >= 0.6 is 11.6 Å². The van der Waals surface area contributed by atoms with Crippen molar-refractivity contribution >= 4 is 29.1 Å². The van der Waals surface area contributed by atoms with Gasteiger partial charge in [0.1, 0.15) is 5.82 Å². The van der Waals surface area contributed by atoms with Crippen LogP contribution in [0.3, 0.4) is 0 Å². The van der Waals surface area contributed by atoms with Crippen LogP contribution in [0.25, 0.3) is 0 Å². The molecule has 21 heavy (non-hydrogen) atoms. The Balaban J connectivity index is 1.75. The van der Waals surface area contributed by atoms with Crippen LogP contribution in [0.15, 0.2) is 36.5 Å². The summed E-state index contributed by atoms with van der Waals surface area (Å²) in [4.78, 5) is 11.2. The van der Waals surface area contributed by atoms with E-state index in [4.69, 9.17) is 11.6 Å². The number of nitrogens with one attached hydrogen (secondary N) is 1. The minimum Gasteiger partial charge on any atom is -0.356 e. The molecule has 0 saturated carbocycles. The molecule has 110 valence electrons. The fraction of sp³-hybridized carbons (Fsp3) is 0.375. The summed E-state index contributed by atoms with van der Waals surface area (Å²) >= 11 is 5.89. The second-order valence-corrected chi connectivity index (χ2v) is 6.00. The third kappa shape index (κ3) is 3.64. The molecule has 0 spiro atoms. The number of halogens is 1. The van der Waals surface area contributed by atoms with Crippen molar-refractivity contribution < 1.29 is 0 Å². The first-order valence-corrected chi connectivity index (χ1v) is 7.69. The predicted octanol–water partition coefficient (Wildman–Crippen LogP) is 4.11. The van der Waals surface area contributed by atoms with E-state index in [1.807, 2.05) is 30.3 Å². The maximum atomic E-state index is 5.89. The number of anilines is 3. The maximum absolute atomic E-state index is 5.89. The highest BCUT2D eigenvalue weighted by molar-refractivity contribution is 6.30. The lowest BCUT2D eigenvalue weighted by Gasteiger charge is -2.31. The van der Waals surface area contributed by atoms with E-state index < -0.39 is 0 Å². The fourth-order valence-corrected chi connectivity index (χ4v) is 2.77. The quantitative estimate of drug-likeness (QED) is 0.926. The van der Waals surface area contributed by atoms with Crippen molar-refractivity contribution in [1.82, 2.24) is 9.97 Å². The van der Waals surface area contributed by atoms with E-state index in [1.54, 1.807) is 6.20 Å². The van der Waals surface area contributed by atoms with E-state index in [0.717, 1.165) is 35.5 Å². The lowest BCUT2D eigenvalue weighted by atomic mass is 10.0. The first-order valence-electron chi connectivity index (χ1n) is 7.31. The standard InChI is InChI=1S/C16H19ClN4/c1-12-3-2-10-21(11-12)15-8-9-18-16(20-15)19-14-6-4-13(17)5-7-14/h4-9,12H,2-3,10-11H2,1H3,(H,18,19,20). The molecule has 1 aromatic carbocycles. The molecular formula is C16H19ClN4. The number of piperidine rings is 1. The summed E-state index contributed by atoms with van der Waals surface area (Å²) in [5, 5.41) is 3.93. The average molecular weight is 303 g/mol. The Morgan fingerprint density at radius 1 is 1.24 bits per heavy atom. The molecule has 1 aromatic heterocycles. The molecule has 0 bridgehead atoms. The van der Waals surface area contributed by atoms with Gasteiger partial charge in [-0.3, -0.25) is 0 Å². The third-order valence-electron chi connectivity index (χ3n) is 3.72. The van der Waals surface area contributed by atoms with Gasteiger partial charge in [0.15, 0.2) is 0 Å². The van der Waals surface area contributed by atoms with Gasteiger partial charge in [-0.1, -0.05) is 18.5 Å². The Bertz CT molecular complexity index is 599. The van der Waals surface area contributed by atoms with Crippen molar-refractivity contribution in [2.75, 3.05) is 23.3 Å². The summed E-state index contributed by atoms with van der Waals surface area (Å²) in [5.74, 6) is 2.34. The summed E-state index contributed by atoms with van der Waals surface area (Å²) in [6, 6.07) is 9.51. The molecule has 1 saturated heterocycles. The zero-order valence-electron chi connectivity index (χ0n) is 12.1. The second-order valence-electron chi connectivity index (χ2n) is 5.56. The van der Waals surface area contributed by atoms with E-state index in [2.05, 4.69) is 27.1 Å². The van der Waals surface area contributed by atoms with Crippen LogP contribution in [0.5, 0.6) is 0 Å². The highest BCUT2D eigenvalue weighted by Crippen LogP contribution is 2.23. The fourth-order valence-electron chi connectivity index (χ4n) is 2.65. The largest absolute Gasteiger partial charge is 0.356 e. The first-order chi connectivity index (χ1) is 10.2. The molecule has 0 radical (unpaired) electrons. The van der Waals surface area contributed by atoms with Crippen LogP contribution < -0.4 is 10.2 Å². The molecule has 1 N–H and O–H groups in total. The average Bonchev–Trinajstić information content (AvgIpc) is 2.50. The second kappa shape index (κ2) is 6.31. The summed E-state index contributed by atoms with van der Waals surface area (Å²) in [6.45, 7) is 4.43. The Morgan fingerprint density at radius 3 is 2.81 bits per heavy atom. The summed E-state index contributed by atoms with van der Waals surface area (Å²) in [7, 11) is 0. The molecular weight excluding hydrogens is 284 g/mol. The smallest absolute Gasteiger partial charge is 0.229 e. The van der Waals surface area contributed by atoms with Crippen molar-refractivity contribution in [3.8, 4) is 0 Å². The van der Waals surface area contributed by atoms with Crippen LogP contribution in [0, 0.1) is 5.92 Å². The first kappa shape index (κ1) is 14.1. The van der Waals surface area contributed by atoms with Gasteiger partial charge >= 0.3 is 0 Å². The van der Waals surface area contributed by atoms with Gasteiger partial charge in [0.05, 0.1) is 0 Å². The minimum atomic E-state index is 0.619. The SMILES string of the molecule is CC1CCCN(c2ccnc(Nc3ccc(Cl)cc3)n2)C1. The van der Waals surface area contributed by atoms with Gasteiger partial charge in [0, 0.05) is 30.0 Å². The lowest BCUT2D eigenvalue weighted by molar-refractivity contribution is 0.444. The Morgan fingerprint density at radius 2 is 2.05 bits per heavy atom.